The maximum absolute atomic E-state index is 12.3. The smallest absolute Gasteiger partial charge is 0.209 e. The van der Waals surface area contributed by atoms with Gasteiger partial charge in [-0.15, -0.1) is 5.10 Å². The first-order valence-corrected chi connectivity index (χ1v) is 7.85. The molecule has 5 heteroatoms. The minimum absolute atomic E-state index is 0.0849. The zero-order valence-corrected chi connectivity index (χ0v) is 12.9. The normalized spacial score (nSPS) is 12.0. The molecule has 0 fully saturated rings. The molecule has 3 rings (SSSR count). The highest BCUT2D eigenvalue weighted by atomic mass is 32.2. The molecule has 1 heterocycles. The molecule has 3 aromatic rings. The van der Waals surface area contributed by atoms with Crippen LogP contribution in [0.2, 0.25) is 0 Å². The van der Waals surface area contributed by atoms with Crippen molar-refractivity contribution in [2.75, 3.05) is 0 Å². The van der Waals surface area contributed by atoms with Gasteiger partial charge < -0.3 is 0 Å². The fourth-order valence-electron chi connectivity index (χ4n) is 2.06. The first-order chi connectivity index (χ1) is 10.7. The van der Waals surface area contributed by atoms with Gasteiger partial charge in [0.15, 0.2) is 5.78 Å². The minimum Gasteiger partial charge on any atom is -0.293 e. The van der Waals surface area contributed by atoms with E-state index in [0.717, 1.165) is 5.69 Å². The standard InChI is InChI=1S/C17H15N3OS/c1-13(16(21)14-8-4-2-5-9-14)22-17-18-12-20(19-17)15-10-6-3-7-11-15/h2-13H,1H3. The van der Waals surface area contributed by atoms with Gasteiger partial charge in [0.1, 0.15) is 6.33 Å². The van der Waals surface area contributed by atoms with Crippen LogP contribution < -0.4 is 0 Å². The lowest BCUT2D eigenvalue weighted by Crippen LogP contribution is -2.13. The number of carbonyl (C=O) groups excluding carboxylic acids is 1. The fraction of sp³-hybridized carbons (Fsp3) is 0.118. The lowest BCUT2D eigenvalue weighted by atomic mass is 10.1. The van der Waals surface area contributed by atoms with Gasteiger partial charge in [-0.2, -0.15) is 0 Å². The maximum atomic E-state index is 12.3. The molecule has 0 radical (unpaired) electrons. The second kappa shape index (κ2) is 6.58. The van der Waals surface area contributed by atoms with Crippen LogP contribution in [0, 0.1) is 0 Å². The summed E-state index contributed by atoms with van der Waals surface area (Å²) >= 11 is 1.37. The van der Waals surface area contributed by atoms with E-state index in [1.807, 2.05) is 67.6 Å². The second-order valence-corrected chi connectivity index (χ2v) is 6.11. The molecule has 0 aliphatic heterocycles. The predicted octanol–water partition coefficient (Wildman–Crippen LogP) is 3.63. The third kappa shape index (κ3) is 3.26. The van der Waals surface area contributed by atoms with Gasteiger partial charge in [-0.3, -0.25) is 4.79 Å². The average molecular weight is 309 g/mol. The molecule has 1 unspecified atom stereocenters. The molecule has 0 spiro atoms. The summed E-state index contributed by atoms with van der Waals surface area (Å²) in [5.41, 5.74) is 1.66. The third-order valence-electron chi connectivity index (χ3n) is 3.20. The zero-order valence-electron chi connectivity index (χ0n) is 12.1. The number of nitrogens with zero attached hydrogens (tertiary/aromatic N) is 3. The van der Waals surface area contributed by atoms with Gasteiger partial charge in [0.25, 0.3) is 0 Å². The molecule has 22 heavy (non-hydrogen) atoms. The van der Waals surface area contributed by atoms with Gasteiger partial charge >= 0.3 is 0 Å². The van der Waals surface area contributed by atoms with Gasteiger partial charge in [0.2, 0.25) is 5.16 Å². The van der Waals surface area contributed by atoms with Crippen LogP contribution in [0.4, 0.5) is 0 Å². The van der Waals surface area contributed by atoms with Crippen LogP contribution in [0.25, 0.3) is 5.69 Å². The summed E-state index contributed by atoms with van der Waals surface area (Å²) in [6.45, 7) is 1.88. The molecule has 0 saturated carbocycles. The number of carbonyl (C=O) groups is 1. The van der Waals surface area contributed by atoms with Gasteiger partial charge in [-0.05, 0) is 19.1 Å². The molecule has 0 N–H and O–H groups in total. The lowest BCUT2D eigenvalue weighted by Gasteiger charge is -2.07. The number of Topliss-reactive ketones (excluding diaryl/α,β-unsaturated/α-hetero) is 1. The fourth-order valence-corrected chi connectivity index (χ4v) is 2.86. The molecular formula is C17H15N3OS. The minimum atomic E-state index is -0.228. The van der Waals surface area contributed by atoms with Crippen molar-refractivity contribution in [3.63, 3.8) is 0 Å². The zero-order chi connectivity index (χ0) is 15.4. The van der Waals surface area contributed by atoms with E-state index in [1.54, 1.807) is 11.0 Å². The number of hydrogen-bond donors (Lipinski definition) is 0. The van der Waals surface area contributed by atoms with Gasteiger partial charge in [0.05, 0.1) is 10.9 Å². The Bertz CT molecular complexity index is 756. The Kier molecular flexibility index (Phi) is 4.34. The maximum Gasteiger partial charge on any atom is 0.209 e. The molecule has 0 saturated heterocycles. The first-order valence-electron chi connectivity index (χ1n) is 6.97. The van der Waals surface area contributed by atoms with Crippen molar-refractivity contribution in [3.05, 3.63) is 72.6 Å². The van der Waals surface area contributed by atoms with Crippen molar-refractivity contribution in [1.29, 1.82) is 0 Å². The van der Waals surface area contributed by atoms with Crippen LogP contribution in [0.3, 0.4) is 0 Å². The largest absolute Gasteiger partial charge is 0.293 e. The summed E-state index contributed by atoms with van der Waals surface area (Å²) in [4.78, 5) is 16.6. The molecule has 0 aliphatic carbocycles. The number of para-hydroxylation sites is 1. The summed E-state index contributed by atoms with van der Waals surface area (Å²) in [7, 11) is 0. The molecule has 1 aromatic heterocycles. The van der Waals surface area contributed by atoms with Crippen molar-refractivity contribution < 1.29 is 4.79 Å². The first kappa shape index (κ1) is 14.5. The highest BCUT2D eigenvalue weighted by molar-refractivity contribution is 8.00. The molecule has 4 nitrogen and oxygen atoms in total. The molecule has 0 aliphatic rings. The van der Waals surface area contributed by atoms with E-state index in [0.29, 0.717) is 10.7 Å². The lowest BCUT2D eigenvalue weighted by molar-refractivity contribution is 0.0994. The number of benzene rings is 2. The van der Waals surface area contributed by atoms with Gasteiger partial charge in [-0.1, -0.05) is 60.3 Å². The topological polar surface area (TPSA) is 47.8 Å². The summed E-state index contributed by atoms with van der Waals surface area (Å²) in [6, 6.07) is 19.1. The van der Waals surface area contributed by atoms with Crippen LogP contribution in [0.15, 0.2) is 72.1 Å². The summed E-state index contributed by atoms with van der Waals surface area (Å²) in [6.07, 6.45) is 1.66. The van der Waals surface area contributed by atoms with E-state index in [-0.39, 0.29) is 11.0 Å². The monoisotopic (exact) mass is 309 g/mol. The predicted molar refractivity (Wildman–Crippen MR) is 87.5 cm³/mol. The Balaban J connectivity index is 1.71. The highest BCUT2D eigenvalue weighted by Crippen LogP contribution is 2.22. The molecule has 1 atom stereocenters. The Morgan fingerprint density at radius 2 is 1.68 bits per heavy atom. The Morgan fingerprint density at radius 3 is 2.36 bits per heavy atom. The number of ketones is 1. The van der Waals surface area contributed by atoms with E-state index in [9.17, 15) is 4.79 Å². The SMILES string of the molecule is CC(Sc1ncn(-c2ccccc2)n1)C(=O)c1ccccc1. The quantitative estimate of drug-likeness (QED) is 0.533. The molecular weight excluding hydrogens is 294 g/mol. The van der Waals surface area contributed by atoms with Gasteiger partial charge in [0, 0.05) is 5.56 Å². The Morgan fingerprint density at radius 1 is 1.05 bits per heavy atom. The number of thioether (sulfide) groups is 1. The molecule has 110 valence electrons. The third-order valence-corrected chi connectivity index (χ3v) is 4.17. The molecule has 0 bridgehead atoms. The van der Waals surface area contributed by atoms with E-state index in [4.69, 9.17) is 0 Å². The molecule has 2 aromatic carbocycles. The van der Waals surface area contributed by atoms with E-state index in [2.05, 4.69) is 10.1 Å². The summed E-state index contributed by atoms with van der Waals surface area (Å²) < 4.78 is 1.71. The van der Waals surface area contributed by atoms with Crippen molar-refractivity contribution in [2.45, 2.75) is 17.3 Å². The van der Waals surface area contributed by atoms with Crippen LogP contribution >= 0.6 is 11.8 Å². The van der Waals surface area contributed by atoms with Crippen LogP contribution in [0.1, 0.15) is 17.3 Å². The van der Waals surface area contributed by atoms with Crippen LogP contribution in [-0.2, 0) is 0 Å². The number of hydrogen-bond acceptors (Lipinski definition) is 4. The Labute approximate surface area is 133 Å². The van der Waals surface area contributed by atoms with Crippen LogP contribution in [-0.4, -0.2) is 25.8 Å². The van der Waals surface area contributed by atoms with Crippen LogP contribution in [0.5, 0.6) is 0 Å². The van der Waals surface area contributed by atoms with Crippen molar-refractivity contribution in [2.24, 2.45) is 0 Å². The number of aromatic nitrogens is 3. The summed E-state index contributed by atoms with van der Waals surface area (Å²) in [5, 5.41) is 4.78. The van der Waals surface area contributed by atoms with E-state index < -0.39 is 0 Å². The summed E-state index contributed by atoms with van der Waals surface area (Å²) in [5.74, 6) is 0.0849. The van der Waals surface area contributed by atoms with Crippen molar-refractivity contribution in [1.82, 2.24) is 14.8 Å². The van der Waals surface area contributed by atoms with E-state index >= 15 is 0 Å². The van der Waals surface area contributed by atoms with Crippen molar-refractivity contribution in [3.8, 4) is 5.69 Å². The second-order valence-electron chi connectivity index (χ2n) is 4.80. The number of rotatable bonds is 5. The van der Waals surface area contributed by atoms with Crippen molar-refractivity contribution >= 4 is 17.5 Å². The highest BCUT2D eigenvalue weighted by Gasteiger charge is 2.18. The Hall–Kier alpha value is -2.40. The molecule has 0 amide bonds. The van der Waals surface area contributed by atoms with Gasteiger partial charge in [-0.25, -0.2) is 9.67 Å². The average Bonchev–Trinajstić information content (AvgIpc) is 3.04. The van der Waals surface area contributed by atoms with E-state index in [1.165, 1.54) is 11.8 Å².